The summed E-state index contributed by atoms with van der Waals surface area (Å²) in [5.74, 6) is 4.73. The fraction of sp³-hybridized carbons (Fsp3) is 0.0577. The molecule has 294 valence electrons. The maximum absolute atomic E-state index is 13.5. The molecule has 7 nitrogen and oxygen atoms in total. The molecule has 0 saturated heterocycles. The van der Waals surface area contributed by atoms with Crippen LogP contribution in [0.15, 0.2) is 204 Å². The van der Waals surface area contributed by atoms with Crippen LogP contribution < -0.4 is 14.2 Å². The maximum Gasteiger partial charge on any atom is 0.206 e. The predicted octanol–water partition coefficient (Wildman–Crippen LogP) is 13.0. The van der Waals surface area contributed by atoms with Gasteiger partial charge in [0.2, 0.25) is 9.84 Å². The van der Waals surface area contributed by atoms with Crippen molar-refractivity contribution in [3.05, 3.63) is 211 Å². The Kier molecular flexibility index (Phi) is 10.4. The topological polar surface area (TPSA) is 79.7 Å². The number of imidazole rings is 1. The van der Waals surface area contributed by atoms with E-state index in [2.05, 4.69) is 47.9 Å². The Morgan fingerprint density at radius 1 is 0.450 bits per heavy atom. The van der Waals surface area contributed by atoms with Gasteiger partial charge in [-0.25, -0.2) is 13.4 Å². The lowest BCUT2D eigenvalue weighted by Gasteiger charge is -2.10. The lowest BCUT2D eigenvalue weighted by atomic mass is 10.0. The minimum atomic E-state index is -3.77. The second-order valence-corrected chi connectivity index (χ2v) is 16.6. The van der Waals surface area contributed by atoms with Crippen LogP contribution in [0.3, 0.4) is 0 Å². The van der Waals surface area contributed by atoms with Gasteiger partial charge in [0, 0.05) is 12.6 Å². The minimum absolute atomic E-state index is 0.166. The van der Waals surface area contributed by atoms with Gasteiger partial charge in [-0.1, -0.05) is 78.4 Å². The van der Waals surface area contributed by atoms with Crippen molar-refractivity contribution in [3.8, 4) is 57.0 Å². The SMILES string of the molecule is Cc1ccc(Cc2ccc(Oc3ccc(-c4ccc(Oc5ccc(S(=O)(=O)c6ccc(Oc7ccc(-c8nc9ccccc9n8C)cc7)cc6)cc5)cc4)cc3)cc2)cc1. The number of sulfone groups is 1. The van der Waals surface area contributed by atoms with Gasteiger partial charge in [-0.15, -0.1) is 0 Å². The zero-order chi connectivity index (χ0) is 41.1. The second kappa shape index (κ2) is 16.4. The van der Waals surface area contributed by atoms with Crippen LogP contribution in [0.5, 0.6) is 34.5 Å². The molecule has 0 bridgehead atoms. The molecule has 0 aliphatic carbocycles. The molecule has 0 atom stereocenters. The Bertz CT molecular complexity index is 3000. The number of aromatic nitrogens is 2. The van der Waals surface area contributed by atoms with Gasteiger partial charge in [0.05, 0.1) is 20.8 Å². The molecule has 0 aliphatic rings. The first-order valence-corrected chi connectivity index (χ1v) is 21.1. The Morgan fingerprint density at radius 3 is 1.25 bits per heavy atom. The zero-order valence-corrected chi connectivity index (χ0v) is 33.8. The van der Waals surface area contributed by atoms with E-state index in [0.29, 0.717) is 23.0 Å². The Hall–Kier alpha value is -7.42. The van der Waals surface area contributed by atoms with Crippen LogP contribution in [-0.2, 0) is 23.3 Å². The van der Waals surface area contributed by atoms with E-state index in [1.54, 1.807) is 48.5 Å². The zero-order valence-electron chi connectivity index (χ0n) is 33.0. The molecule has 0 saturated carbocycles. The fourth-order valence-electron chi connectivity index (χ4n) is 7.04. The summed E-state index contributed by atoms with van der Waals surface area (Å²) in [6.07, 6.45) is 0.883. The third-order valence-electron chi connectivity index (χ3n) is 10.4. The van der Waals surface area contributed by atoms with Gasteiger partial charge in [0.15, 0.2) is 0 Å². The largest absolute Gasteiger partial charge is 0.457 e. The van der Waals surface area contributed by atoms with E-state index in [-0.39, 0.29) is 9.79 Å². The van der Waals surface area contributed by atoms with Gasteiger partial charge >= 0.3 is 0 Å². The van der Waals surface area contributed by atoms with Crippen LogP contribution in [0.25, 0.3) is 33.5 Å². The monoisotopic (exact) mass is 804 g/mol. The van der Waals surface area contributed by atoms with Gasteiger partial charge in [-0.2, -0.15) is 0 Å². The summed E-state index contributed by atoms with van der Waals surface area (Å²) < 4.78 is 47.3. The highest BCUT2D eigenvalue weighted by Crippen LogP contribution is 2.32. The molecule has 60 heavy (non-hydrogen) atoms. The number of rotatable bonds is 12. The van der Waals surface area contributed by atoms with E-state index in [9.17, 15) is 8.42 Å². The highest BCUT2D eigenvalue weighted by molar-refractivity contribution is 7.91. The molecular formula is C52H40N2O5S. The van der Waals surface area contributed by atoms with Crippen molar-refractivity contribution in [3.63, 3.8) is 0 Å². The van der Waals surface area contributed by atoms with Gasteiger partial charge in [-0.3, -0.25) is 0 Å². The quantitative estimate of drug-likeness (QED) is 0.122. The van der Waals surface area contributed by atoms with Crippen LogP contribution >= 0.6 is 0 Å². The average molecular weight is 805 g/mol. The number of ether oxygens (including phenoxy) is 3. The number of benzene rings is 8. The fourth-order valence-corrected chi connectivity index (χ4v) is 8.30. The summed E-state index contributed by atoms with van der Waals surface area (Å²) in [6, 6.07) is 61.1. The number of para-hydroxylation sites is 2. The van der Waals surface area contributed by atoms with Crippen LogP contribution in [0, 0.1) is 6.92 Å². The van der Waals surface area contributed by atoms with Crippen molar-refractivity contribution in [2.45, 2.75) is 23.1 Å². The van der Waals surface area contributed by atoms with Crippen molar-refractivity contribution in [2.75, 3.05) is 0 Å². The Labute approximate surface area is 349 Å². The summed E-state index contributed by atoms with van der Waals surface area (Å²) in [4.78, 5) is 5.10. The summed E-state index contributed by atoms with van der Waals surface area (Å²) >= 11 is 0. The number of hydrogen-bond acceptors (Lipinski definition) is 6. The average Bonchev–Trinajstić information content (AvgIpc) is 3.62. The smallest absolute Gasteiger partial charge is 0.206 e. The number of aryl methyl sites for hydroxylation is 2. The summed E-state index contributed by atoms with van der Waals surface area (Å²) in [6.45, 7) is 2.10. The summed E-state index contributed by atoms with van der Waals surface area (Å²) in [5, 5.41) is 0. The van der Waals surface area contributed by atoms with Crippen molar-refractivity contribution >= 4 is 20.9 Å². The molecule has 0 unspecified atom stereocenters. The van der Waals surface area contributed by atoms with Gasteiger partial charge in [0.1, 0.15) is 40.3 Å². The molecule has 0 radical (unpaired) electrons. The first-order valence-electron chi connectivity index (χ1n) is 19.6. The molecule has 8 heteroatoms. The molecule has 0 amide bonds. The Morgan fingerprint density at radius 2 is 0.817 bits per heavy atom. The molecule has 8 aromatic carbocycles. The standard InChI is InChI=1S/C52H40N2O5S/c1-36-7-9-37(10-8-36)35-38-11-19-42(20-12-38)57-43-21-13-39(14-22-43)40-15-23-44(24-16-40)58-46-27-31-48(32-28-46)60(55,56)49-33-29-47(30-34-49)59-45-25-17-41(18-26-45)52-53-50-5-3-4-6-51(50)54(52)2/h3-34H,35H2,1-2H3. The third-order valence-corrected chi connectivity index (χ3v) is 12.2. The molecule has 0 aliphatic heterocycles. The highest BCUT2D eigenvalue weighted by Gasteiger charge is 2.18. The normalized spacial score (nSPS) is 11.4. The molecule has 0 fully saturated rings. The second-order valence-electron chi connectivity index (χ2n) is 14.6. The Balaban J connectivity index is 0.779. The van der Waals surface area contributed by atoms with Crippen molar-refractivity contribution in [1.29, 1.82) is 0 Å². The van der Waals surface area contributed by atoms with E-state index in [0.717, 1.165) is 51.5 Å². The van der Waals surface area contributed by atoms with E-state index >= 15 is 0 Å². The molecule has 1 heterocycles. The van der Waals surface area contributed by atoms with Crippen molar-refractivity contribution in [2.24, 2.45) is 7.05 Å². The molecule has 0 spiro atoms. The first kappa shape index (κ1) is 38.1. The molecule has 1 aromatic heterocycles. The third kappa shape index (κ3) is 8.41. The predicted molar refractivity (Wildman–Crippen MR) is 237 cm³/mol. The molecule has 9 aromatic rings. The van der Waals surface area contributed by atoms with Gasteiger partial charge in [0.25, 0.3) is 0 Å². The van der Waals surface area contributed by atoms with Gasteiger partial charge in [-0.05, 0) is 157 Å². The van der Waals surface area contributed by atoms with E-state index in [4.69, 9.17) is 19.2 Å². The molecule has 0 N–H and O–H groups in total. The lowest BCUT2D eigenvalue weighted by molar-refractivity contribution is 0.482. The van der Waals surface area contributed by atoms with Gasteiger partial charge < -0.3 is 18.8 Å². The van der Waals surface area contributed by atoms with Crippen LogP contribution in [0.4, 0.5) is 0 Å². The molecule has 9 rings (SSSR count). The van der Waals surface area contributed by atoms with Crippen molar-refractivity contribution < 1.29 is 22.6 Å². The number of hydrogen-bond donors (Lipinski definition) is 0. The van der Waals surface area contributed by atoms with E-state index in [1.165, 1.54) is 16.7 Å². The first-order chi connectivity index (χ1) is 29.2. The van der Waals surface area contributed by atoms with Crippen LogP contribution in [-0.4, -0.2) is 18.0 Å². The van der Waals surface area contributed by atoms with Crippen LogP contribution in [0.1, 0.15) is 16.7 Å². The lowest BCUT2D eigenvalue weighted by Crippen LogP contribution is -2.01. The maximum atomic E-state index is 13.5. The minimum Gasteiger partial charge on any atom is -0.457 e. The van der Waals surface area contributed by atoms with E-state index in [1.807, 2.05) is 116 Å². The molecular weight excluding hydrogens is 765 g/mol. The number of fused-ring (bicyclic) bond motifs is 1. The van der Waals surface area contributed by atoms with Crippen molar-refractivity contribution in [1.82, 2.24) is 9.55 Å². The summed E-state index contributed by atoms with van der Waals surface area (Å²) in [7, 11) is -1.77. The number of nitrogens with zero attached hydrogens (tertiary/aromatic N) is 2. The van der Waals surface area contributed by atoms with Crippen LogP contribution in [0.2, 0.25) is 0 Å². The van der Waals surface area contributed by atoms with E-state index < -0.39 is 9.84 Å². The highest BCUT2D eigenvalue weighted by atomic mass is 32.2. The summed E-state index contributed by atoms with van der Waals surface area (Å²) in [5.41, 5.74) is 8.82.